The third kappa shape index (κ3) is 7.93. The van der Waals surface area contributed by atoms with Gasteiger partial charge in [0.15, 0.2) is 0 Å². The molecule has 0 saturated carbocycles. The van der Waals surface area contributed by atoms with Crippen molar-refractivity contribution in [3.63, 3.8) is 0 Å². The Labute approximate surface area is 59.3 Å². The van der Waals surface area contributed by atoms with Crippen LogP contribution in [0, 0.1) is 0 Å². The van der Waals surface area contributed by atoms with Gasteiger partial charge < -0.3 is 0 Å². The van der Waals surface area contributed by atoms with Crippen molar-refractivity contribution in [1.82, 2.24) is 0 Å². The van der Waals surface area contributed by atoms with Crippen LogP contribution in [0.25, 0.3) is 0 Å². The fourth-order valence-corrected chi connectivity index (χ4v) is 0.778. The van der Waals surface area contributed by atoms with Crippen molar-refractivity contribution in [2.24, 2.45) is 4.40 Å². The van der Waals surface area contributed by atoms with E-state index in [2.05, 4.69) is 17.2 Å². The van der Waals surface area contributed by atoms with Gasteiger partial charge in [-0.25, -0.2) is 4.40 Å². The highest BCUT2D eigenvalue weighted by Crippen LogP contribution is 1.85. The summed E-state index contributed by atoms with van der Waals surface area (Å²) in [5, 5.41) is 0. The summed E-state index contributed by atoms with van der Waals surface area (Å²) in [6.45, 7) is 0. The van der Waals surface area contributed by atoms with Gasteiger partial charge in [-0.1, -0.05) is 0 Å². The molecule has 9 heavy (non-hydrogen) atoms. The minimum Gasteiger partial charge on any atom is -0.286 e. The average Bonchev–Trinajstić information content (AvgIpc) is 1.63. The van der Waals surface area contributed by atoms with Crippen molar-refractivity contribution in [3.05, 3.63) is 0 Å². The van der Waals surface area contributed by atoms with Crippen LogP contribution in [0.5, 0.6) is 0 Å². The van der Waals surface area contributed by atoms with Gasteiger partial charge in [0.2, 0.25) is 0 Å². The highest BCUT2D eigenvalue weighted by molar-refractivity contribution is 7.85. The maximum absolute atomic E-state index is 9.98. The Kier molecular flexibility index (Phi) is 3.83. The number of hydrogen-bond donors (Lipinski definition) is 2. The summed E-state index contributed by atoms with van der Waals surface area (Å²) in [4.78, 5) is 0. The maximum Gasteiger partial charge on any atom is 0.265 e. The third-order valence-electron chi connectivity index (χ3n) is 0.587. The van der Waals surface area contributed by atoms with E-state index >= 15 is 0 Å². The largest absolute Gasteiger partial charge is 0.286 e. The van der Waals surface area contributed by atoms with Crippen LogP contribution in [-0.2, 0) is 10.1 Å². The van der Waals surface area contributed by atoms with E-state index in [1.807, 2.05) is 0 Å². The summed E-state index contributed by atoms with van der Waals surface area (Å²) in [6.07, 6.45) is 1.50. The zero-order chi connectivity index (χ0) is 7.33. The average molecular weight is 169 g/mol. The van der Waals surface area contributed by atoms with Gasteiger partial charge in [0, 0.05) is 6.21 Å². The lowest BCUT2D eigenvalue weighted by atomic mass is 10.5. The van der Waals surface area contributed by atoms with Gasteiger partial charge in [0.05, 0.1) is 5.75 Å². The van der Waals surface area contributed by atoms with Crippen LogP contribution in [0.4, 0.5) is 0 Å². The number of hydrogen-bond acceptors (Lipinski definition) is 4. The first kappa shape index (κ1) is 8.93. The van der Waals surface area contributed by atoms with Gasteiger partial charge >= 0.3 is 0 Å². The molecule has 0 aliphatic heterocycles. The second-order valence-electron chi connectivity index (χ2n) is 1.37. The van der Waals surface area contributed by atoms with Crippen molar-refractivity contribution in [1.29, 1.82) is 0 Å². The Morgan fingerprint density at radius 3 is 2.56 bits per heavy atom. The topological polar surface area (TPSA) is 66.7 Å². The van der Waals surface area contributed by atoms with Gasteiger partial charge in [-0.3, -0.25) is 4.55 Å². The van der Waals surface area contributed by atoms with Crippen LogP contribution in [-0.4, -0.2) is 24.9 Å². The molecule has 0 aromatic rings. The Morgan fingerprint density at radius 2 is 2.22 bits per heavy atom. The van der Waals surface area contributed by atoms with Gasteiger partial charge in [-0.15, -0.1) is 0 Å². The molecule has 0 unspecified atom stereocenters. The first-order chi connectivity index (χ1) is 4.06. The summed E-state index contributed by atoms with van der Waals surface area (Å²) in [5.74, 6) is -0.295. The lowest BCUT2D eigenvalue weighted by molar-refractivity contribution is 0.484. The summed E-state index contributed by atoms with van der Waals surface area (Å²) in [7, 11) is -3.82. The molecule has 6 heteroatoms. The van der Waals surface area contributed by atoms with Crippen LogP contribution in [0.1, 0.15) is 6.42 Å². The third-order valence-corrected chi connectivity index (χ3v) is 1.50. The van der Waals surface area contributed by atoms with E-state index in [9.17, 15) is 8.42 Å². The zero-order valence-electron chi connectivity index (χ0n) is 4.56. The zero-order valence-corrected chi connectivity index (χ0v) is 6.27. The summed E-state index contributed by atoms with van der Waals surface area (Å²) >= 11 is 3.44. The molecule has 0 aromatic heterocycles. The van der Waals surface area contributed by atoms with Crippen LogP contribution < -0.4 is 0 Å². The number of rotatable bonds is 3. The summed E-state index contributed by atoms with van der Waals surface area (Å²) < 4.78 is 31.3. The van der Waals surface area contributed by atoms with E-state index in [-0.39, 0.29) is 12.2 Å². The molecule has 0 atom stereocenters. The smallest absolute Gasteiger partial charge is 0.265 e. The van der Waals surface area contributed by atoms with Crippen LogP contribution in [0.3, 0.4) is 0 Å². The molecule has 0 aliphatic rings. The van der Waals surface area contributed by atoms with E-state index in [0.717, 1.165) is 0 Å². The highest BCUT2D eigenvalue weighted by Gasteiger charge is 2.00. The molecule has 0 amide bonds. The van der Waals surface area contributed by atoms with Gasteiger partial charge in [-0.05, 0) is 19.2 Å². The van der Waals surface area contributed by atoms with E-state index in [1.54, 1.807) is 0 Å². The SMILES string of the molecule is O=S(=O)(O)CCC=NS. The Hall–Kier alpha value is -0.0700. The standard InChI is InChI=1S/C3H7NO3S2/c5-9(6,7)3-1-2-4-8/h2,8H,1,3H2,(H,5,6,7). The van der Waals surface area contributed by atoms with Crippen LogP contribution >= 0.6 is 12.8 Å². The second-order valence-corrected chi connectivity index (χ2v) is 3.18. The molecule has 0 bridgehead atoms. The highest BCUT2D eigenvalue weighted by atomic mass is 32.2. The molecular formula is C3H7NO3S2. The predicted molar refractivity (Wildman–Crippen MR) is 38.5 cm³/mol. The normalized spacial score (nSPS) is 12.7. The molecule has 1 N–H and O–H groups in total. The Morgan fingerprint density at radius 1 is 1.67 bits per heavy atom. The van der Waals surface area contributed by atoms with Crippen molar-refractivity contribution in [2.75, 3.05) is 5.75 Å². The number of nitrogens with zero attached hydrogens (tertiary/aromatic N) is 1. The minimum atomic E-state index is -3.82. The first-order valence-electron chi connectivity index (χ1n) is 2.17. The van der Waals surface area contributed by atoms with Crippen LogP contribution in [0.15, 0.2) is 4.40 Å². The molecule has 0 aliphatic carbocycles. The lowest BCUT2D eigenvalue weighted by Crippen LogP contribution is -2.03. The van der Waals surface area contributed by atoms with Crippen molar-refractivity contribution in [2.45, 2.75) is 6.42 Å². The van der Waals surface area contributed by atoms with Crippen molar-refractivity contribution in [3.8, 4) is 0 Å². The molecular weight excluding hydrogens is 162 g/mol. The van der Waals surface area contributed by atoms with E-state index in [4.69, 9.17) is 4.55 Å². The monoisotopic (exact) mass is 169 g/mol. The van der Waals surface area contributed by atoms with Gasteiger partial charge in [-0.2, -0.15) is 8.42 Å². The quantitative estimate of drug-likeness (QED) is 0.360. The van der Waals surface area contributed by atoms with Crippen LogP contribution in [0.2, 0.25) is 0 Å². The summed E-state index contributed by atoms with van der Waals surface area (Å²) in [6, 6.07) is 0. The van der Waals surface area contributed by atoms with E-state index in [0.29, 0.717) is 0 Å². The van der Waals surface area contributed by atoms with Crippen molar-refractivity contribution < 1.29 is 13.0 Å². The molecule has 0 heterocycles. The molecule has 0 rings (SSSR count). The molecule has 54 valence electrons. The predicted octanol–water partition coefficient (Wildman–Crippen LogP) is 0.180. The Balaban J connectivity index is 3.53. The van der Waals surface area contributed by atoms with E-state index < -0.39 is 10.1 Å². The second kappa shape index (κ2) is 3.86. The molecule has 0 spiro atoms. The first-order valence-corrected chi connectivity index (χ1v) is 4.18. The van der Waals surface area contributed by atoms with Gasteiger partial charge in [0.25, 0.3) is 10.1 Å². The molecule has 0 radical (unpaired) electrons. The fraction of sp³-hybridized carbons (Fsp3) is 0.667. The molecule has 0 aromatic carbocycles. The maximum atomic E-state index is 9.98. The molecule has 0 saturated heterocycles. The van der Waals surface area contributed by atoms with Gasteiger partial charge in [0.1, 0.15) is 0 Å². The van der Waals surface area contributed by atoms with E-state index in [1.165, 1.54) is 6.21 Å². The van der Waals surface area contributed by atoms with Crippen molar-refractivity contribution >= 4 is 29.1 Å². The fourth-order valence-electron chi connectivity index (χ4n) is 0.259. The number of thiol groups is 1. The summed E-state index contributed by atoms with van der Waals surface area (Å²) in [5.41, 5.74) is 0. The molecule has 4 nitrogen and oxygen atoms in total. The lowest BCUT2D eigenvalue weighted by Gasteiger charge is -1.87. The molecule has 0 fully saturated rings. The Bertz CT molecular complexity index is 183. The minimum absolute atomic E-state index is 0.197.